The second-order valence-corrected chi connectivity index (χ2v) is 8.98. The predicted octanol–water partition coefficient (Wildman–Crippen LogP) is 5.55. The number of alkyl halides is 2. The highest BCUT2D eigenvalue weighted by Crippen LogP contribution is 2.43. The molecule has 0 radical (unpaired) electrons. The maximum Gasteiger partial charge on any atom is 0.275 e. The number of thiophene rings is 1. The van der Waals surface area contributed by atoms with E-state index in [1.807, 2.05) is 18.4 Å². The summed E-state index contributed by atoms with van der Waals surface area (Å²) in [6.07, 6.45) is 0.254. The molecule has 1 aliphatic heterocycles. The van der Waals surface area contributed by atoms with E-state index in [1.54, 1.807) is 42.5 Å². The zero-order valence-corrected chi connectivity index (χ0v) is 21.1. The third kappa shape index (κ3) is 5.47. The van der Waals surface area contributed by atoms with Gasteiger partial charge in [0.1, 0.15) is 0 Å². The summed E-state index contributed by atoms with van der Waals surface area (Å²) in [6, 6.07) is 14.5. The number of amides is 3. The molecule has 188 valence electrons. The quantitative estimate of drug-likeness (QED) is 0.433. The number of rotatable bonds is 4. The van der Waals surface area contributed by atoms with Crippen LogP contribution in [-0.2, 0) is 4.79 Å². The summed E-state index contributed by atoms with van der Waals surface area (Å²) in [5.41, 5.74) is 1.67. The van der Waals surface area contributed by atoms with Crippen molar-refractivity contribution in [3.8, 4) is 0 Å². The number of aryl methyl sites for hydroxylation is 1. The average molecular weight is 532 g/mol. The first-order valence-electron chi connectivity index (χ1n) is 10.9. The van der Waals surface area contributed by atoms with Gasteiger partial charge in [0.25, 0.3) is 17.7 Å². The van der Waals surface area contributed by atoms with Crippen molar-refractivity contribution in [1.82, 2.24) is 5.32 Å². The van der Waals surface area contributed by atoms with E-state index >= 15 is 8.78 Å². The summed E-state index contributed by atoms with van der Waals surface area (Å²) in [5, 5.41) is 6.97. The molecule has 2 N–H and O–H groups in total. The maximum atomic E-state index is 15.0. The smallest absolute Gasteiger partial charge is 0.275 e. The Hall–Kier alpha value is -3.56. The third-order valence-electron chi connectivity index (χ3n) is 5.75. The summed E-state index contributed by atoms with van der Waals surface area (Å²) in [4.78, 5) is 39.6. The van der Waals surface area contributed by atoms with Crippen molar-refractivity contribution in [2.24, 2.45) is 0 Å². The molecule has 3 amide bonds. The normalized spacial score (nSPS) is 15.3. The highest BCUT2D eigenvalue weighted by Gasteiger charge is 2.41. The van der Waals surface area contributed by atoms with E-state index in [9.17, 15) is 14.4 Å². The minimum absolute atomic E-state index is 0. The summed E-state index contributed by atoms with van der Waals surface area (Å²) < 4.78 is 30.1. The molecule has 3 aromatic rings. The highest BCUT2D eigenvalue weighted by molar-refractivity contribution is 7.12. The van der Waals surface area contributed by atoms with Crippen LogP contribution in [0.4, 0.5) is 20.2 Å². The van der Waals surface area contributed by atoms with Gasteiger partial charge in [-0.25, -0.2) is 8.78 Å². The number of hydrogen-bond acceptors (Lipinski definition) is 4. The van der Waals surface area contributed by atoms with Crippen LogP contribution in [-0.4, -0.2) is 37.2 Å². The summed E-state index contributed by atoms with van der Waals surface area (Å²) in [6.45, 7) is 1.62. The SMILES string of the molecule is CNC(=O)C=C1c2ccccc2N(C(=O)c2ccc(NC(=O)c3sccc3C)cc2)CCC1(F)F.Cl. The summed E-state index contributed by atoms with van der Waals surface area (Å²) in [5.74, 6) is -4.65. The van der Waals surface area contributed by atoms with Gasteiger partial charge < -0.3 is 15.5 Å². The van der Waals surface area contributed by atoms with Gasteiger partial charge in [-0.1, -0.05) is 18.2 Å². The molecule has 2 heterocycles. The van der Waals surface area contributed by atoms with Crippen LogP contribution in [0.1, 0.15) is 37.6 Å². The van der Waals surface area contributed by atoms with E-state index in [2.05, 4.69) is 10.6 Å². The van der Waals surface area contributed by atoms with E-state index in [4.69, 9.17) is 0 Å². The monoisotopic (exact) mass is 531 g/mol. The molecule has 6 nitrogen and oxygen atoms in total. The number of nitrogens with one attached hydrogen (secondary N) is 2. The molecule has 4 rings (SSSR count). The number of hydrogen-bond donors (Lipinski definition) is 2. The lowest BCUT2D eigenvalue weighted by Gasteiger charge is -2.23. The Morgan fingerprint density at radius 3 is 2.39 bits per heavy atom. The van der Waals surface area contributed by atoms with Gasteiger partial charge in [-0.05, 0) is 54.3 Å². The summed E-state index contributed by atoms with van der Waals surface area (Å²) >= 11 is 1.34. The molecule has 0 saturated heterocycles. The van der Waals surface area contributed by atoms with Gasteiger partial charge in [-0.15, -0.1) is 23.7 Å². The van der Waals surface area contributed by atoms with Crippen molar-refractivity contribution in [2.75, 3.05) is 23.8 Å². The van der Waals surface area contributed by atoms with Crippen LogP contribution in [0.15, 0.2) is 66.1 Å². The van der Waals surface area contributed by atoms with Crippen molar-refractivity contribution < 1.29 is 23.2 Å². The van der Waals surface area contributed by atoms with Crippen LogP contribution in [0.5, 0.6) is 0 Å². The number of halogens is 3. The molecule has 10 heteroatoms. The van der Waals surface area contributed by atoms with Crippen LogP contribution >= 0.6 is 23.7 Å². The molecular formula is C26H24ClF2N3O3S. The molecule has 1 aromatic heterocycles. The van der Waals surface area contributed by atoms with Gasteiger partial charge in [-0.3, -0.25) is 14.4 Å². The fourth-order valence-corrected chi connectivity index (χ4v) is 4.70. The lowest BCUT2D eigenvalue weighted by Crippen LogP contribution is -2.33. The van der Waals surface area contributed by atoms with E-state index in [1.165, 1.54) is 29.4 Å². The van der Waals surface area contributed by atoms with E-state index in [0.717, 1.165) is 11.6 Å². The first-order chi connectivity index (χ1) is 16.7. The van der Waals surface area contributed by atoms with Crippen molar-refractivity contribution in [3.63, 3.8) is 0 Å². The van der Waals surface area contributed by atoms with Crippen LogP contribution in [0, 0.1) is 6.92 Å². The second-order valence-electron chi connectivity index (χ2n) is 8.06. The first kappa shape index (κ1) is 27.0. The summed E-state index contributed by atoms with van der Waals surface area (Å²) in [7, 11) is 1.36. The van der Waals surface area contributed by atoms with Crippen molar-refractivity contribution in [2.45, 2.75) is 19.3 Å². The van der Waals surface area contributed by atoms with Crippen molar-refractivity contribution in [3.05, 3.63) is 87.6 Å². The van der Waals surface area contributed by atoms with Gasteiger partial charge in [0.05, 0.1) is 10.6 Å². The van der Waals surface area contributed by atoms with Gasteiger partial charge in [-0.2, -0.15) is 0 Å². The lowest BCUT2D eigenvalue weighted by molar-refractivity contribution is -0.116. The average Bonchev–Trinajstić information content (AvgIpc) is 3.24. The zero-order chi connectivity index (χ0) is 25.2. The van der Waals surface area contributed by atoms with E-state index in [-0.39, 0.29) is 36.0 Å². The molecular weight excluding hydrogens is 508 g/mol. The minimum Gasteiger partial charge on any atom is -0.356 e. The fourth-order valence-electron chi connectivity index (χ4n) is 3.88. The number of nitrogens with zero attached hydrogens (tertiary/aromatic N) is 1. The minimum atomic E-state index is -3.30. The molecule has 0 aliphatic carbocycles. The Balaban J connectivity index is 0.00000361. The first-order valence-corrected chi connectivity index (χ1v) is 11.8. The topological polar surface area (TPSA) is 78.5 Å². The number of fused-ring (bicyclic) bond motifs is 1. The molecule has 2 aromatic carbocycles. The van der Waals surface area contributed by atoms with Crippen LogP contribution in [0.25, 0.3) is 5.57 Å². The molecule has 0 spiro atoms. The second kappa shape index (κ2) is 11.0. The molecule has 36 heavy (non-hydrogen) atoms. The third-order valence-corrected chi connectivity index (χ3v) is 6.77. The number of para-hydroxylation sites is 1. The molecule has 0 unspecified atom stereocenters. The van der Waals surface area contributed by atoms with E-state index < -0.39 is 29.7 Å². The Labute approximate surface area is 217 Å². The Kier molecular flexibility index (Phi) is 8.27. The number of anilines is 2. The Morgan fingerprint density at radius 1 is 1.06 bits per heavy atom. The number of benzene rings is 2. The van der Waals surface area contributed by atoms with Crippen LogP contribution < -0.4 is 15.5 Å². The highest BCUT2D eigenvalue weighted by atomic mass is 35.5. The predicted molar refractivity (Wildman–Crippen MR) is 140 cm³/mol. The van der Waals surface area contributed by atoms with Crippen LogP contribution in [0.3, 0.4) is 0 Å². The number of allylic oxidation sites excluding steroid dienone is 1. The molecule has 0 atom stereocenters. The molecule has 1 aliphatic rings. The molecule has 0 fully saturated rings. The number of likely N-dealkylation sites (N-methyl/N-ethyl adjacent to an activating group) is 1. The maximum absolute atomic E-state index is 15.0. The largest absolute Gasteiger partial charge is 0.356 e. The lowest BCUT2D eigenvalue weighted by atomic mass is 9.97. The number of carbonyl (C=O) groups is 3. The van der Waals surface area contributed by atoms with Gasteiger partial charge in [0.15, 0.2) is 0 Å². The van der Waals surface area contributed by atoms with Crippen molar-refractivity contribution >= 4 is 58.4 Å². The Morgan fingerprint density at radius 2 is 1.75 bits per heavy atom. The standard InChI is InChI=1S/C26H23F2N3O3S.ClH/c1-16-11-14-35-23(16)24(33)30-18-9-7-17(8-10-18)25(34)31-13-12-26(27,28)20(15-22(32)29-2)19-5-3-4-6-21(19)31;/h3-11,14-15H,12-13H2,1-2H3,(H,29,32)(H,30,33);1H. The molecule has 0 saturated carbocycles. The van der Waals surface area contributed by atoms with Crippen molar-refractivity contribution in [1.29, 1.82) is 0 Å². The van der Waals surface area contributed by atoms with E-state index in [0.29, 0.717) is 16.3 Å². The van der Waals surface area contributed by atoms with Crippen LogP contribution in [0.2, 0.25) is 0 Å². The molecule has 0 bridgehead atoms. The zero-order valence-electron chi connectivity index (χ0n) is 19.5. The van der Waals surface area contributed by atoms with Gasteiger partial charge in [0.2, 0.25) is 5.91 Å². The van der Waals surface area contributed by atoms with Gasteiger partial charge >= 0.3 is 0 Å². The number of carbonyl (C=O) groups excluding carboxylic acids is 3. The van der Waals surface area contributed by atoms with Gasteiger partial charge in [0, 0.05) is 48.5 Å². The fraction of sp³-hybridized carbons (Fsp3) is 0.192. The Bertz CT molecular complexity index is 1320.